The van der Waals surface area contributed by atoms with Crippen LogP contribution >= 0.6 is 0 Å². The summed E-state index contributed by atoms with van der Waals surface area (Å²) in [7, 11) is 0. The second kappa shape index (κ2) is 6.04. The van der Waals surface area contributed by atoms with Gasteiger partial charge in [0.2, 0.25) is 0 Å². The van der Waals surface area contributed by atoms with E-state index in [4.69, 9.17) is 0 Å². The molecule has 0 radical (unpaired) electrons. The van der Waals surface area contributed by atoms with E-state index in [1.165, 1.54) is 0 Å². The lowest BCUT2D eigenvalue weighted by atomic mass is 10.0. The zero-order valence-corrected chi connectivity index (χ0v) is 8.66. The van der Waals surface area contributed by atoms with Crippen molar-refractivity contribution in [2.75, 3.05) is 0 Å². The summed E-state index contributed by atoms with van der Waals surface area (Å²) >= 11 is 0. The van der Waals surface area contributed by atoms with Crippen LogP contribution in [0.15, 0.2) is 0 Å². The number of carbonyl (C=O) groups is 1. The summed E-state index contributed by atoms with van der Waals surface area (Å²) in [6.45, 7) is 3.85. The minimum absolute atomic E-state index is 0.0628. The molecule has 14 heavy (non-hydrogen) atoms. The summed E-state index contributed by atoms with van der Waals surface area (Å²) in [5.74, 6) is 0.368. The van der Waals surface area contributed by atoms with Crippen LogP contribution in [-0.4, -0.2) is 12.0 Å². The molecule has 0 aromatic rings. The van der Waals surface area contributed by atoms with Gasteiger partial charge in [-0.1, -0.05) is 13.8 Å². The predicted octanol–water partition coefficient (Wildman–Crippen LogP) is 3.72. The lowest BCUT2D eigenvalue weighted by molar-refractivity contribution is -0.136. The number of alkyl halides is 3. The van der Waals surface area contributed by atoms with Crippen molar-refractivity contribution in [1.82, 2.24) is 0 Å². The zero-order valence-electron chi connectivity index (χ0n) is 8.66. The summed E-state index contributed by atoms with van der Waals surface area (Å²) in [6.07, 6.45) is -3.68. The molecule has 84 valence electrons. The van der Waals surface area contributed by atoms with Gasteiger partial charge in [-0.05, 0) is 18.8 Å². The van der Waals surface area contributed by atoms with Crippen LogP contribution in [0.2, 0.25) is 0 Å². The van der Waals surface area contributed by atoms with Gasteiger partial charge in [0.25, 0.3) is 0 Å². The minimum Gasteiger partial charge on any atom is -0.300 e. The van der Waals surface area contributed by atoms with E-state index in [2.05, 4.69) is 0 Å². The molecule has 0 bridgehead atoms. The fourth-order valence-corrected chi connectivity index (χ4v) is 1.21. The van der Waals surface area contributed by atoms with Crippen molar-refractivity contribution >= 4 is 5.78 Å². The molecule has 0 atom stereocenters. The number of ketones is 1. The van der Waals surface area contributed by atoms with E-state index in [-0.39, 0.29) is 18.6 Å². The molecule has 0 spiro atoms. The van der Waals surface area contributed by atoms with Gasteiger partial charge in [0, 0.05) is 19.3 Å². The number of halogens is 3. The Labute approximate surface area is 82.7 Å². The number of hydrogen-bond donors (Lipinski definition) is 0. The molecule has 0 saturated heterocycles. The molecule has 0 fully saturated rings. The number of unbranched alkanes of at least 4 members (excludes halogenated alkanes) is 1. The Hall–Kier alpha value is -0.540. The molecule has 0 unspecified atom stereocenters. The molecule has 0 N–H and O–H groups in total. The zero-order chi connectivity index (χ0) is 11.2. The molecule has 0 heterocycles. The fourth-order valence-electron chi connectivity index (χ4n) is 1.21. The van der Waals surface area contributed by atoms with E-state index in [9.17, 15) is 18.0 Å². The van der Waals surface area contributed by atoms with Gasteiger partial charge in [-0.2, -0.15) is 13.2 Å². The third-order valence-corrected chi connectivity index (χ3v) is 1.80. The van der Waals surface area contributed by atoms with Crippen LogP contribution in [0.3, 0.4) is 0 Å². The molecule has 0 rings (SSSR count). The highest BCUT2D eigenvalue weighted by molar-refractivity contribution is 5.78. The standard InChI is InChI=1S/C10H17F3O/c1-8(2)7-9(14)5-3-4-6-10(11,12)13/h8H,3-7H2,1-2H3. The van der Waals surface area contributed by atoms with Gasteiger partial charge in [-0.25, -0.2) is 0 Å². The van der Waals surface area contributed by atoms with Crippen molar-refractivity contribution < 1.29 is 18.0 Å². The SMILES string of the molecule is CC(C)CC(=O)CCCCC(F)(F)F. The maximum atomic E-state index is 11.7. The van der Waals surface area contributed by atoms with Gasteiger partial charge in [0.1, 0.15) is 5.78 Å². The highest BCUT2D eigenvalue weighted by atomic mass is 19.4. The maximum absolute atomic E-state index is 11.7. The molecule has 4 heteroatoms. The van der Waals surface area contributed by atoms with Gasteiger partial charge in [-0.15, -0.1) is 0 Å². The smallest absolute Gasteiger partial charge is 0.300 e. The average molecular weight is 210 g/mol. The number of hydrogen-bond acceptors (Lipinski definition) is 1. The van der Waals surface area contributed by atoms with E-state index in [0.29, 0.717) is 18.8 Å². The molecule has 0 aromatic heterocycles. The Bertz CT molecular complexity index is 173. The summed E-state index contributed by atoms with van der Waals surface area (Å²) < 4.78 is 35.1. The van der Waals surface area contributed by atoms with E-state index in [1.54, 1.807) is 0 Å². The van der Waals surface area contributed by atoms with Crippen molar-refractivity contribution in [2.45, 2.75) is 52.1 Å². The first-order valence-corrected chi connectivity index (χ1v) is 4.89. The lowest BCUT2D eigenvalue weighted by Gasteiger charge is -2.06. The summed E-state index contributed by atoms with van der Waals surface area (Å²) in [6, 6.07) is 0. The normalized spacial score (nSPS) is 12.1. The highest BCUT2D eigenvalue weighted by Crippen LogP contribution is 2.22. The Morgan fingerprint density at radius 1 is 1.21 bits per heavy atom. The third-order valence-electron chi connectivity index (χ3n) is 1.80. The van der Waals surface area contributed by atoms with E-state index in [1.807, 2.05) is 13.8 Å². The highest BCUT2D eigenvalue weighted by Gasteiger charge is 2.25. The van der Waals surface area contributed by atoms with Crippen LogP contribution in [-0.2, 0) is 4.79 Å². The van der Waals surface area contributed by atoms with Crippen LogP contribution in [0.1, 0.15) is 46.0 Å². The molecule has 0 saturated carbocycles. The molecular formula is C10H17F3O. The maximum Gasteiger partial charge on any atom is 0.389 e. The van der Waals surface area contributed by atoms with Crippen molar-refractivity contribution in [3.05, 3.63) is 0 Å². The second-order valence-corrected chi connectivity index (χ2v) is 3.96. The monoisotopic (exact) mass is 210 g/mol. The third kappa shape index (κ3) is 9.55. The van der Waals surface area contributed by atoms with Crippen molar-refractivity contribution in [3.63, 3.8) is 0 Å². The van der Waals surface area contributed by atoms with Crippen LogP contribution in [0.25, 0.3) is 0 Å². The second-order valence-electron chi connectivity index (χ2n) is 3.96. The van der Waals surface area contributed by atoms with Gasteiger partial charge in [-0.3, -0.25) is 4.79 Å². The van der Waals surface area contributed by atoms with Gasteiger partial charge < -0.3 is 0 Å². The summed E-state index contributed by atoms with van der Waals surface area (Å²) in [5, 5.41) is 0. The van der Waals surface area contributed by atoms with E-state index < -0.39 is 12.6 Å². The first kappa shape index (κ1) is 13.5. The quantitative estimate of drug-likeness (QED) is 0.610. The van der Waals surface area contributed by atoms with Crippen molar-refractivity contribution in [1.29, 1.82) is 0 Å². The van der Waals surface area contributed by atoms with E-state index >= 15 is 0 Å². The molecule has 0 aliphatic rings. The molecule has 0 amide bonds. The predicted molar refractivity (Wildman–Crippen MR) is 49.0 cm³/mol. The lowest BCUT2D eigenvalue weighted by Crippen LogP contribution is -2.07. The van der Waals surface area contributed by atoms with Crippen LogP contribution in [0.4, 0.5) is 13.2 Å². The largest absolute Gasteiger partial charge is 0.389 e. The van der Waals surface area contributed by atoms with Crippen molar-refractivity contribution in [2.24, 2.45) is 5.92 Å². The van der Waals surface area contributed by atoms with Gasteiger partial charge >= 0.3 is 6.18 Å². The molecule has 0 aromatic carbocycles. The molecular weight excluding hydrogens is 193 g/mol. The molecule has 0 aliphatic heterocycles. The van der Waals surface area contributed by atoms with Crippen LogP contribution in [0.5, 0.6) is 0 Å². The Balaban J connectivity index is 3.41. The van der Waals surface area contributed by atoms with Crippen LogP contribution in [0, 0.1) is 5.92 Å². The van der Waals surface area contributed by atoms with Gasteiger partial charge in [0.05, 0.1) is 0 Å². The van der Waals surface area contributed by atoms with E-state index in [0.717, 1.165) is 0 Å². The topological polar surface area (TPSA) is 17.1 Å². The number of rotatable bonds is 6. The average Bonchev–Trinajstić information content (AvgIpc) is 1.95. The summed E-state index contributed by atoms with van der Waals surface area (Å²) in [4.78, 5) is 11.1. The number of carbonyl (C=O) groups excluding carboxylic acids is 1. The first-order valence-electron chi connectivity index (χ1n) is 4.89. The Kier molecular flexibility index (Phi) is 5.81. The van der Waals surface area contributed by atoms with Crippen molar-refractivity contribution in [3.8, 4) is 0 Å². The Morgan fingerprint density at radius 3 is 2.21 bits per heavy atom. The molecule has 0 aliphatic carbocycles. The number of Topliss-reactive ketones (excluding diaryl/α,β-unsaturated/α-hetero) is 1. The minimum atomic E-state index is -4.08. The molecule has 1 nitrogen and oxygen atoms in total. The Morgan fingerprint density at radius 2 is 1.79 bits per heavy atom. The fraction of sp³-hybridized carbons (Fsp3) is 0.900. The summed E-state index contributed by atoms with van der Waals surface area (Å²) in [5.41, 5.74) is 0. The van der Waals surface area contributed by atoms with Gasteiger partial charge in [0.15, 0.2) is 0 Å². The van der Waals surface area contributed by atoms with Crippen LogP contribution < -0.4 is 0 Å². The first-order chi connectivity index (χ1) is 6.31.